The van der Waals surface area contributed by atoms with Crippen LogP contribution in [0.5, 0.6) is 0 Å². The van der Waals surface area contributed by atoms with E-state index in [0.29, 0.717) is 28.0 Å². The Balaban J connectivity index is 1.43. The maximum atomic E-state index is 9.86. The molecule has 0 amide bonds. The van der Waals surface area contributed by atoms with E-state index < -0.39 is 5.41 Å². The Labute approximate surface area is 232 Å². The fraction of sp³-hybridized carbons (Fsp3) is 0.379. The van der Waals surface area contributed by atoms with Gasteiger partial charge in [-0.15, -0.1) is 11.3 Å². The maximum absolute atomic E-state index is 9.86. The van der Waals surface area contributed by atoms with Crippen molar-refractivity contribution in [1.82, 2.24) is 20.0 Å². The van der Waals surface area contributed by atoms with Crippen LogP contribution in [0.4, 0.5) is 16.5 Å². The summed E-state index contributed by atoms with van der Waals surface area (Å²) >= 11 is 1.50. The van der Waals surface area contributed by atoms with Gasteiger partial charge in [0.05, 0.1) is 11.0 Å². The SMILES string of the molecule is CNc1cccc(-c2cc(-c3noc(C4(C)CCCc5sc(N)c(C#N)c54)n3)nc(N3CCN(C)CC3)c2)c1. The van der Waals surface area contributed by atoms with E-state index >= 15 is 0 Å². The van der Waals surface area contributed by atoms with Gasteiger partial charge >= 0.3 is 0 Å². The molecule has 200 valence electrons. The van der Waals surface area contributed by atoms with E-state index in [9.17, 15) is 5.26 Å². The van der Waals surface area contributed by atoms with Gasteiger partial charge < -0.3 is 25.4 Å². The Kier molecular flexibility index (Phi) is 6.49. The molecule has 6 rings (SSSR count). The lowest BCUT2D eigenvalue weighted by Gasteiger charge is -2.33. The smallest absolute Gasteiger partial charge is 0.237 e. The average Bonchev–Trinajstić information content (AvgIpc) is 3.59. The van der Waals surface area contributed by atoms with Crippen LogP contribution in [-0.2, 0) is 11.8 Å². The lowest BCUT2D eigenvalue weighted by molar-refractivity contribution is 0.300. The van der Waals surface area contributed by atoms with Crippen molar-refractivity contribution in [3.8, 4) is 28.7 Å². The van der Waals surface area contributed by atoms with Gasteiger partial charge in [-0.2, -0.15) is 10.2 Å². The first kappa shape index (κ1) is 25.3. The number of likely N-dealkylation sites (N-methyl/N-ethyl adjacent to an activating group) is 1. The summed E-state index contributed by atoms with van der Waals surface area (Å²) in [5.74, 6) is 1.85. The third-order valence-corrected chi connectivity index (χ3v) is 9.08. The molecule has 3 N–H and O–H groups in total. The number of thiophene rings is 1. The molecule has 0 spiro atoms. The van der Waals surface area contributed by atoms with Gasteiger partial charge in [0, 0.05) is 49.4 Å². The van der Waals surface area contributed by atoms with Crippen molar-refractivity contribution in [3.05, 3.63) is 58.3 Å². The van der Waals surface area contributed by atoms with Crippen LogP contribution in [0.2, 0.25) is 0 Å². The number of nitrogens with zero attached hydrogens (tertiary/aromatic N) is 6. The van der Waals surface area contributed by atoms with E-state index in [-0.39, 0.29) is 0 Å². The summed E-state index contributed by atoms with van der Waals surface area (Å²) in [7, 11) is 4.07. The zero-order chi connectivity index (χ0) is 27.1. The maximum Gasteiger partial charge on any atom is 0.237 e. The molecule has 4 heterocycles. The van der Waals surface area contributed by atoms with E-state index in [1.54, 1.807) is 0 Å². The van der Waals surface area contributed by atoms with Crippen LogP contribution in [0, 0.1) is 11.3 Å². The van der Waals surface area contributed by atoms with Crippen molar-refractivity contribution >= 4 is 27.8 Å². The number of rotatable bonds is 5. The standard InChI is InChI=1S/C29H32N8OS/c1-29(9-5-8-23-25(29)21(17-30)26(31)39-23)28-34-27(35-38-28)22-15-19(18-6-4-7-20(14-18)32-2)16-24(33-22)37-12-10-36(3)11-13-37/h4,6-7,14-16,32H,5,8-13,31H2,1-3H3. The molecule has 1 fully saturated rings. The summed E-state index contributed by atoms with van der Waals surface area (Å²) in [4.78, 5) is 15.7. The second kappa shape index (κ2) is 9.98. The summed E-state index contributed by atoms with van der Waals surface area (Å²) in [5, 5.41) is 18.1. The predicted molar refractivity (Wildman–Crippen MR) is 155 cm³/mol. The molecule has 1 aromatic carbocycles. The highest BCUT2D eigenvalue weighted by molar-refractivity contribution is 7.16. The zero-order valence-corrected chi connectivity index (χ0v) is 23.3. The molecule has 3 aromatic heterocycles. The van der Waals surface area contributed by atoms with Crippen molar-refractivity contribution in [1.29, 1.82) is 5.26 Å². The number of nitrogen functional groups attached to an aromatic ring is 1. The third kappa shape index (κ3) is 4.51. The summed E-state index contributed by atoms with van der Waals surface area (Å²) in [5.41, 5.74) is 11.0. The quantitative estimate of drug-likeness (QED) is 0.369. The lowest BCUT2D eigenvalue weighted by Crippen LogP contribution is -2.44. The van der Waals surface area contributed by atoms with Crippen LogP contribution >= 0.6 is 11.3 Å². The summed E-state index contributed by atoms with van der Waals surface area (Å²) in [6.45, 7) is 5.84. The Bertz CT molecular complexity index is 1560. The van der Waals surface area contributed by atoms with Gasteiger partial charge in [0.25, 0.3) is 0 Å². The molecule has 9 nitrogen and oxygen atoms in total. The molecule has 1 unspecified atom stereocenters. The van der Waals surface area contributed by atoms with Crippen LogP contribution < -0.4 is 16.0 Å². The second-order valence-corrected chi connectivity index (χ2v) is 11.7. The number of hydrogen-bond acceptors (Lipinski definition) is 10. The summed E-state index contributed by atoms with van der Waals surface area (Å²) in [6, 6.07) is 14.8. The molecule has 1 atom stereocenters. The van der Waals surface area contributed by atoms with E-state index in [1.807, 2.05) is 25.2 Å². The van der Waals surface area contributed by atoms with Crippen LogP contribution in [0.25, 0.3) is 22.6 Å². The number of fused-ring (bicyclic) bond motifs is 1. The minimum atomic E-state index is -0.572. The number of aromatic nitrogens is 3. The Morgan fingerprint density at radius 3 is 2.72 bits per heavy atom. The van der Waals surface area contributed by atoms with Crippen molar-refractivity contribution in [3.63, 3.8) is 0 Å². The van der Waals surface area contributed by atoms with Gasteiger partial charge in [0.15, 0.2) is 0 Å². The topological polar surface area (TPSA) is 120 Å². The Hall–Kier alpha value is -3.94. The highest BCUT2D eigenvalue weighted by Crippen LogP contribution is 2.48. The van der Waals surface area contributed by atoms with E-state index in [1.165, 1.54) is 11.3 Å². The molecule has 39 heavy (non-hydrogen) atoms. The Morgan fingerprint density at radius 2 is 1.95 bits per heavy atom. The zero-order valence-electron chi connectivity index (χ0n) is 22.5. The molecule has 10 heteroatoms. The van der Waals surface area contributed by atoms with Crippen molar-refractivity contribution in [2.45, 2.75) is 31.6 Å². The molecule has 1 saturated heterocycles. The van der Waals surface area contributed by atoms with Gasteiger partial charge in [-0.05, 0) is 68.6 Å². The third-order valence-electron chi connectivity index (χ3n) is 8.00. The van der Waals surface area contributed by atoms with Crippen LogP contribution in [0.1, 0.15) is 41.7 Å². The highest BCUT2D eigenvalue weighted by Gasteiger charge is 2.43. The second-order valence-electron chi connectivity index (χ2n) is 10.6. The first-order chi connectivity index (χ1) is 18.9. The molecule has 2 aliphatic rings. The largest absolute Gasteiger partial charge is 0.389 e. The fourth-order valence-corrected chi connectivity index (χ4v) is 6.90. The molecule has 1 aliphatic heterocycles. The predicted octanol–water partition coefficient (Wildman–Crippen LogP) is 4.75. The number of nitriles is 1. The number of nitrogens with one attached hydrogen (secondary N) is 1. The molecular formula is C29H32N8OS. The molecule has 4 aromatic rings. The monoisotopic (exact) mass is 540 g/mol. The van der Waals surface area contributed by atoms with E-state index in [4.69, 9.17) is 20.2 Å². The van der Waals surface area contributed by atoms with E-state index in [0.717, 1.165) is 78.5 Å². The summed E-state index contributed by atoms with van der Waals surface area (Å²) < 4.78 is 5.93. The van der Waals surface area contributed by atoms with Gasteiger partial charge in [-0.1, -0.05) is 17.3 Å². The number of anilines is 3. The first-order valence-corrected chi connectivity index (χ1v) is 14.1. The highest BCUT2D eigenvalue weighted by atomic mass is 32.1. The van der Waals surface area contributed by atoms with E-state index in [2.05, 4.69) is 58.5 Å². The normalized spacial score (nSPS) is 19.5. The van der Waals surface area contributed by atoms with Crippen molar-refractivity contribution in [2.24, 2.45) is 0 Å². The molecular weight excluding hydrogens is 508 g/mol. The molecule has 0 bridgehead atoms. The average molecular weight is 541 g/mol. The van der Waals surface area contributed by atoms with Crippen molar-refractivity contribution < 1.29 is 4.52 Å². The van der Waals surface area contributed by atoms with Gasteiger partial charge in [0.2, 0.25) is 11.7 Å². The van der Waals surface area contributed by atoms with Gasteiger partial charge in [-0.3, -0.25) is 0 Å². The first-order valence-electron chi connectivity index (χ1n) is 13.3. The Morgan fingerprint density at radius 1 is 1.13 bits per heavy atom. The molecule has 1 aliphatic carbocycles. The number of benzene rings is 1. The minimum absolute atomic E-state index is 0.446. The number of pyridine rings is 1. The number of hydrogen-bond donors (Lipinski definition) is 2. The summed E-state index contributed by atoms with van der Waals surface area (Å²) in [6.07, 6.45) is 2.69. The van der Waals surface area contributed by atoms with Gasteiger partial charge in [-0.25, -0.2) is 4.98 Å². The van der Waals surface area contributed by atoms with Crippen LogP contribution in [0.3, 0.4) is 0 Å². The minimum Gasteiger partial charge on any atom is -0.389 e. The molecule has 0 radical (unpaired) electrons. The lowest BCUT2D eigenvalue weighted by atomic mass is 9.72. The molecule has 0 saturated carbocycles. The number of nitrogens with two attached hydrogens (primary N) is 1. The number of aryl methyl sites for hydroxylation is 1. The van der Waals surface area contributed by atoms with Crippen molar-refractivity contribution in [2.75, 3.05) is 56.2 Å². The van der Waals surface area contributed by atoms with Gasteiger partial charge in [0.1, 0.15) is 22.6 Å². The van der Waals surface area contributed by atoms with Crippen LogP contribution in [-0.4, -0.2) is 60.3 Å². The fourth-order valence-electron chi connectivity index (χ4n) is 5.71. The number of piperazine rings is 1. The van der Waals surface area contributed by atoms with Crippen LogP contribution in [0.15, 0.2) is 40.9 Å².